The molecule has 0 aliphatic rings. The van der Waals surface area contributed by atoms with E-state index in [9.17, 15) is 4.39 Å². The fourth-order valence-electron chi connectivity index (χ4n) is 2.00. The van der Waals surface area contributed by atoms with Crippen molar-refractivity contribution in [3.63, 3.8) is 0 Å². The Kier molecular flexibility index (Phi) is 2.95. The van der Waals surface area contributed by atoms with E-state index >= 15 is 0 Å². The quantitative estimate of drug-likeness (QED) is 0.723. The minimum atomic E-state index is -0.394. The van der Waals surface area contributed by atoms with Gasteiger partial charge >= 0.3 is 0 Å². The van der Waals surface area contributed by atoms with E-state index in [1.165, 1.54) is 10.6 Å². The highest BCUT2D eigenvalue weighted by Gasteiger charge is 2.15. The van der Waals surface area contributed by atoms with Gasteiger partial charge in [0, 0.05) is 4.47 Å². The summed E-state index contributed by atoms with van der Waals surface area (Å²) in [4.78, 5) is 4.20. The molecule has 0 spiro atoms. The van der Waals surface area contributed by atoms with Gasteiger partial charge in [-0.25, -0.2) is 9.37 Å². The number of nitrogens with zero attached hydrogens (tertiary/aromatic N) is 2. The Balaban J connectivity index is 2.42. The van der Waals surface area contributed by atoms with Crippen molar-refractivity contribution in [1.29, 1.82) is 0 Å². The SMILES string of the molecule is Nc1nc2cccc(Cl)c2n1-c1cc(Br)ccc1F. The molecule has 2 N–H and O–H groups in total. The second-order valence-electron chi connectivity index (χ2n) is 4.01. The predicted molar refractivity (Wildman–Crippen MR) is 78.2 cm³/mol. The fourth-order valence-corrected chi connectivity index (χ4v) is 2.61. The Morgan fingerprint density at radius 2 is 2.05 bits per heavy atom. The minimum Gasteiger partial charge on any atom is -0.369 e. The molecule has 0 radical (unpaired) electrons. The van der Waals surface area contributed by atoms with Gasteiger partial charge in [-0.05, 0) is 30.3 Å². The van der Waals surface area contributed by atoms with Crippen LogP contribution in [0.3, 0.4) is 0 Å². The summed E-state index contributed by atoms with van der Waals surface area (Å²) >= 11 is 9.48. The van der Waals surface area contributed by atoms with E-state index in [1.54, 1.807) is 30.3 Å². The summed E-state index contributed by atoms with van der Waals surface area (Å²) in [6.07, 6.45) is 0. The number of hydrogen-bond donors (Lipinski definition) is 1. The number of benzene rings is 2. The van der Waals surface area contributed by atoms with Gasteiger partial charge in [0.2, 0.25) is 5.95 Å². The van der Waals surface area contributed by atoms with Crippen LogP contribution in [0.5, 0.6) is 0 Å². The van der Waals surface area contributed by atoms with Gasteiger partial charge in [-0.2, -0.15) is 0 Å². The number of hydrogen-bond acceptors (Lipinski definition) is 2. The van der Waals surface area contributed by atoms with Gasteiger partial charge in [-0.1, -0.05) is 33.6 Å². The molecule has 0 amide bonds. The molecule has 3 nitrogen and oxygen atoms in total. The number of nitrogen functional groups attached to an aromatic ring is 1. The molecule has 0 saturated carbocycles. The normalized spacial score (nSPS) is 11.1. The van der Waals surface area contributed by atoms with Crippen LogP contribution in [0, 0.1) is 5.82 Å². The number of nitrogens with two attached hydrogens (primary N) is 1. The Morgan fingerprint density at radius 3 is 2.84 bits per heavy atom. The first kappa shape index (κ1) is 12.4. The van der Waals surface area contributed by atoms with Gasteiger partial charge in [-0.3, -0.25) is 4.57 Å². The van der Waals surface area contributed by atoms with E-state index in [2.05, 4.69) is 20.9 Å². The van der Waals surface area contributed by atoms with E-state index in [0.717, 1.165) is 4.47 Å². The molecule has 96 valence electrons. The molecule has 0 saturated heterocycles. The maximum Gasteiger partial charge on any atom is 0.206 e. The van der Waals surface area contributed by atoms with Crippen molar-refractivity contribution in [2.75, 3.05) is 5.73 Å². The molecular formula is C13H8BrClFN3. The second kappa shape index (κ2) is 4.51. The van der Waals surface area contributed by atoms with Crippen molar-refractivity contribution in [1.82, 2.24) is 9.55 Å². The molecule has 3 aromatic rings. The fraction of sp³-hybridized carbons (Fsp3) is 0. The lowest BCUT2D eigenvalue weighted by atomic mass is 10.2. The molecule has 0 aliphatic carbocycles. The summed E-state index contributed by atoms with van der Waals surface area (Å²) in [6, 6.07) is 9.90. The summed E-state index contributed by atoms with van der Waals surface area (Å²) in [5.74, 6) is -0.200. The van der Waals surface area contributed by atoms with Crippen molar-refractivity contribution in [3.05, 3.63) is 51.7 Å². The van der Waals surface area contributed by atoms with Crippen LogP contribution in [0.25, 0.3) is 16.7 Å². The third-order valence-corrected chi connectivity index (χ3v) is 3.60. The Labute approximate surface area is 121 Å². The van der Waals surface area contributed by atoms with Crippen LogP contribution in [-0.2, 0) is 0 Å². The Bertz CT molecular complexity index is 785. The minimum absolute atomic E-state index is 0.195. The number of halogens is 3. The third kappa shape index (κ3) is 1.99. The summed E-state index contributed by atoms with van der Waals surface area (Å²) in [6.45, 7) is 0. The van der Waals surface area contributed by atoms with Crippen LogP contribution in [0.15, 0.2) is 40.9 Å². The van der Waals surface area contributed by atoms with Gasteiger partial charge < -0.3 is 5.73 Å². The van der Waals surface area contributed by atoms with Crippen LogP contribution in [0.1, 0.15) is 0 Å². The zero-order valence-corrected chi connectivity index (χ0v) is 11.9. The average Bonchev–Trinajstić information content (AvgIpc) is 2.70. The summed E-state index contributed by atoms with van der Waals surface area (Å²) in [5, 5.41) is 0.473. The van der Waals surface area contributed by atoms with Crippen LogP contribution in [0.2, 0.25) is 5.02 Å². The molecule has 0 unspecified atom stereocenters. The molecule has 19 heavy (non-hydrogen) atoms. The van der Waals surface area contributed by atoms with Crippen molar-refractivity contribution in [2.24, 2.45) is 0 Å². The highest BCUT2D eigenvalue weighted by atomic mass is 79.9. The summed E-state index contributed by atoms with van der Waals surface area (Å²) in [7, 11) is 0. The number of aromatic nitrogens is 2. The van der Waals surface area contributed by atoms with Crippen LogP contribution < -0.4 is 5.73 Å². The van der Waals surface area contributed by atoms with Crippen molar-refractivity contribution in [2.45, 2.75) is 0 Å². The van der Waals surface area contributed by atoms with E-state index in [0.29, 0.717) is 21.7 Å². The van der Waals surface area contributed by atoms with Gasteiger partial charge in [0.1, 0.15) is 5.82 Å². The molecule has 0 aliphatic heterocycles. The monoisotopic (exact) mass is 339 g/mol. The number of rotatable bonds is 1. The topological polar surface area (TPSA) is 43.8 Å². The van der Waals surface area contributed by atoms with Crippen LogP contribution in [-0.4, -0.2) is 9.55 Å². The van der Waals surface area contributed by atoms with Crippen molar-refractivity contribution < 1.29 is 4.39 Å². The molecular weight excluding hydrogens is 333 g/mol. The zero-order valence-electron chi connectivity index (χ0n) is 9.57. The number of imidazole rings is 1. The maximum atomic E-state index is 14.0. The van der Waals surface area contributed by atoms with E-state index in [-0.39, 0.29) is 5.95 Å². The molecule has 0 atom stereocenters. The molecule has 3 rings (SSSR count). The largest absolute Gasteiger partial charge is 0.369 e. The molecule has 1 heterocycles. The van der Waals surface area contributed by atoms with E-state index < -0.39 is 5.82 Å². The summed E-state index contributed by atoms with van der Waals surface area (Å²) in [5.41, 5.74) is 7.42. The third-order valence-electron chi connectivity index (χ3n) is 2.80. The first-order chi connectivity index (χ1) is 9.08. The first-order valence-electron chi connectivity index (χ1n) is 5.46. The predicted octanol–water partition coefficient (Wildman–Crippen LogP) is 4.16. The lowest BCUT2D eigenvalue weighted by molar-refractivity contribution is 0.619. The maximum absolute atomic E-state index is 14.0. The number of para-hydroxylation sites is 1. The standard InChI is InChI=1S/C13H8BrClFN3/c14-7-4-5-9(16)11(6-7)19-12-8(15)2-1-3-10(12)18-13(19)17/h1-6H,(H2,17,18). The Hall–Kier alpha value is -1.59. The van der Waals surface area contributed by atoms with Gasteiger partial charge in [0.05, 0.1) is 21.7 Å². The molecule has 1 aromatic heterocycles. The van der Waals surface area contributed by atoms with Crippen molar-refractivity contribution in [3.8, 4) is 5.69 Å². The summed E-state index contributed by atoms with van der Waals surface area (Å²) < 4.78 is 16.3. The van der Waals surface area contributed by atoms with E-state index in [4.69, 9.17) is 17.3 Å². The smallest absolute Gasteiger partial charge is 0.206 e. The average molecular weight is 341 g/mol. The molecule has 0 bridgehead atoms. The van der Waals surface area contributed by atoms with Crippen molar-refractivity contribution >= 4 is 44.5 Å². The lowest BCUT2D eigenvalue weighted by Gasteiger charge is -2.09. The van der Waals surface area contributed by atoms with Crippen LogP contribution in [0.4, 0.5) is 10.3 Å². The first-order valence-corrected chi connectivity index (χ1v) is 6.63. The second-order valence-corrected chi connectivity index (χ2v) is 5.33. The Morgan fingerprint density at radius 1 is 1.26 bits per heavy atom. The van der Waals surface area contributed by atoms with Gasteiger partial charge in [-0.15, -0.1) is 0 Å². The van der Waals surface area contributed by atoms with E-state index in [1.807, 2.05) is 0 Å². The molecule has 0 fully saturated rings. The lowest BCUT2D eigenvalue weighted by Crippen LogP contribution is -2.03. The van der Waals surface area contributed by atoms with Crippen LogP contribution >= 0.6 is 27.5 Å². The zero-order chi connectivity index (χ0) is 13.6. The highest BCUT2D eigenvalue weighted by molar-refractivity contribution is 9.10. The van der Waals surface area contributed by atoms with Gasteiger partial charge in [0.25, 0.3) is 0 Å². The molecule has 2 aromatic carbocycles. The molecule has 6 heteroatoms. The highest BCUT2D eigenvalue weighted by Crippen LogP contribution is 2.31. The number of anilines is 1. The number of fused-ring (bicyclic) bond motifs is 1. The van der Waals surface area contributed by atoms with Gasteiger partial charge in [0.15, 0.2) is 0 Å².